The fourth-order valence-corrected chi connectivity index (χ4v) is 8.33. The number of benzene rings is 4. The monoisotopic (exact) mass is 699 g/mol. The highest BCUT2D eigenvalue weighted by Crippen LogP contribution is 2.54. The van der Waals surface area contributed by atoms with E-state index in [4.69, 9.17) is 0 Å². The van der Waals surface area contributed by atoms with Crippen molar-refractivity contribution in [2.24, 2.45) is 0 Å². The average molecular weight is 700 g/mol. The van der Waals surface area contributed by atoms with Crippen LogP contribution in [-0.2, 0) is 32.5 Å². The van der Waals surface area contributed by atoms with E-state index in [1.807, 2.05) is 0 Å². The predicted octanol–water partition coefficient (Wildman–Crippen LogP) is 12.6. The lowest BCUT2D eigenvalue weighted by Gasteiger charge is -2.34. The Bertz CT molecular complexity index is 1770. The van der Waals surface area contributed by atoms with Crippen LogP contribution < -0.4 is 0 Å². The zero-order valence-electron chi connectivity index (χ0n) is 34.7. The van der Waals surface area contributed by atoms with E-state index < -0.39 is 13.9 Å². The molecule has 0 fully saturated rings. The van der Waals surface area contributed by atoms with Gasteiger partial charge in [-0.3, -0.25) is 0 Å². The molecule has 3 nitrogen and oxygen atoms in total. The lowest BCUT2D eigenvalue weighted by atomic mass is 9.71. The van der Waals surface area contributed by atoms with Crippen LogP contribution in [0.2, 0.25) is 0 Å². The molecule has 4 aromatic rings. The first-order valence-corrected chi connectivity index (χ1v) is 20.4. The summed E-state index contributed by atoms with van der Waals surface area (Å²) < 4.78 is 0. The minimum atomic E-state index is -4.22. The average Bonchev–Trinajstić information content (AvgIpc) is 2.89. The maximum absolute atomic E-state index is 11.0. The van der Waals surface area contributed by atoms with Crippen molar-refractivity contribution in [2.75, 3.05) is 6.16 Å². The van der Waals surface area contributed by atoms with Gasteiger partial charge in [0.25, 0.3) is 0 Å². The number of fused-ring (bicyclic) bond motifs is 2. The molecule has 3 N–H and O–H groups in total. The molecule has 0 saturated carbocycles. The predicted molar refractivity (Wildman–Crippen MR) is 220 cm³/mol. The van der Waals surface area contributed by atoms with Crippen LogP contribution >= 0.6 is 7.94 Å². The van der Waals surface area contributed by atoms with Crippen molar-refractivity contribution in [1.82, 2.24) is 0 Å². The van der Waals surface area contributed by atoms with E-state index in [1.165, 1.54) is 43.8 Å². The van der Waals surface area contributed by atoms with Gasteiger partial charge in [-0.2, -0.15) is 14.7 Å². The fraction of sp³-hybridized carbons (Fsp3) is 0.565. The largest absolute Gasteiger partial charge is 0.404 e. The first-order valence-electron chi connectivity index (χ1n) is 18.5. The maximum Gasteiger partial charge on any atom is 0.404 e. The lowest BCUT2D eigenvalue weighted by Crippen LogP contribution is -2.24. The third kappa shape index (κ3) is 8.66. The van der Waals surface area contributed by atoms with Gasteiger partial charge < -0.3 is 0 Å². The Balaban J connectivity index is 2.27. The van der Waals surface area contributed by atoms with Gasteiger partial charge in [-0.15, -0.1) is 0 Å². The van der Waals surface area contributed by atoms with Crippen molar-refractivity contribution in [2.45, 2.75) is 163 Å². The fourth-order valence-electron chi connectivity index (χ4n) is 7.45. The summed E-state index contributed by atoms with van der Waals surface area (Å²) in [6.07, 6.45) is -0.147. The quantitative estimate of drug-likeness (QED) is 0.186. The standard InChI is InChI=1S/C46H68O3P/c1-41(2,3)30-19-28-21-37(43(7,8)9)34(25-32(28)39(23-30)45(13,14)15)36(27-50(47,48)49)35-26-33-29(22-38(35)44(10,11)12)20-31(42(4,5)6)24-40(33)46(16,17)18/h19-26,36,47-49H,27H2,1-18H3/q+1. The minimum absolute atomic E-state index is 0.0175. The molecular formula is C46H68O3P+. The van der Waals surface area contributed by atoms with Gasteiger partial charge in [0, 0.05) is 0 Å². The Morgan fingerprint density at radius 2 is 0.700 bits per heavy atom. The molecule has 50 heavy (non-hydrogen) atoms. The number of hydrogen-bond donors (Lipinski definition) is 3. The molecule has 0 bridgehead atoms. The maximum atomic E-state index is 11.0. The number of rotatable bonds is 4. The molecule has 0 atom stereocenters. The molecule has 0 heterocycles. The van der Waals surface area contributed by atoms with Crippen LogP contribution in [0.5, 0.6) is 0 Å². The molecule has 4 aromatic carbocycles. The first-order chi connectivity index (χ1) is 22.2. The summed E-state index contributed by atoms with van der Waals surface area (Å²) in [5, 5.41) is 4.76. The summed E-state index contributed by atoms with van der Waals surface area (Å²) in [5.74, 6) is -0.453. The summed E-state index contributed by atoms with van der Waals surface area (Å²) in [7, 11) is -4.22. The first kappa shape index (κ1) is 40.5. The van der Waals surface area contributed by atoms with Gasteiger partial charge in [-0.05, 0) is 111 Å². The second-order valence-corrected chi connectivity index (χ2v) is 23.0. The van der Waals surface area contributed by atoms with E-state index in [0.717, 1.165) is 22.3 Å². The molecule has 4 heteroatoms. The normalized spacial score (nSPS) is 14.4. The summed E-state index contributed by atoms with van der Waals surface area (Å²) >= 11 is 0. The SMILES string of the molecule is CC(C)(C)c1cc(C(C)(C)C)c2cc(C(C[P+](O)(O)O)c3cc4c(C(C)(C)C)cc(C(C)(C)C)cc4cc3C(C)(C)C)c(C(C)(C)C)cc2c1. The van der Waals surface area contributed by atoms with Crippen molar-refractivity contribution < 1.29 is 14.7 Å². The topological polar surface area (TPSA) is 60.7 Å². The van der Waals surface area contributed by atoms with E-state index in [-0.39, 0.29) is 38.7 Å². The van der Waals surface area contributed by atoms with Crippen molar-refractivity contribution in [1.29, 1.82) is 0 Å². The van der Waals surface area contributed by atoms with Crippen molar-refractivity contribution >= 4 is 29.5 Å². The summed E-state index contributed by atoms with van der Waals surface area (Å²) in [6, 6.07) is 18.8. The van der Waals surface area contributed by atoms with Gasteiger partial charge >= 0.3 is 7.94 Å². The van der Waals surface area contributed by atoms with Gasteiger partial charge in [-0.25, -0.2) is 0 Å². The third-order valence-electron chi connectivity index (χ3n) is 10.4. The Morgan fingerprint density at radius 3 is 0.940 bits per heavy atom. The molecule has 0 aliphatic carbocycles. The second kappa shape index (κ2) is 12.7. The molecule has 0 aliphatic heterocycles. The van der Waals surface area contributed by atoms with Crippen molar-refractivity contribution in [3.8, 4) is 0 Å². The molecule has 0 unspecified atom stereocenters. The summed E-state index contributed by atoms with van der Waals surface area (Å²) in [6.45, 7) is 40.7. The van der Waals surface area contributed by atoms with Crippen LogP contribution in [0.4, 0.5) is 0 Å². The van der Waals surface area contributed by atoms with Crippen LogP contribution in [0.1, 0.15) is 175 Å². The van der Waals surface area contributed by atoms with E-state index in [0.29, 0.717) is 0 Å². The molecule has 0 spiro atoms. The minimum Gasteiger partial charge on any atom is -0.193 e. The van der Waals surface area contributed by atoms with E-state index in [2.05, 4.69) is 173 Å². The number of hydrogen-bond acceptors (Lipinski definition) is 3. The Labute approximate surface area is 305 Å². The van der Waals surface area contributed by atoms with Crippen LogP contribution in [0.15, 0.2) is 48.5 Å². The summed E-state index contributed by atoms with van der Waals surface area (Å²) in [5.41, 5.74) is 8.80. The molecule has 0 amide bonds. The van der Waals surface area contributed by atoms with Gasteiger partial charge in [0.05, 0.1) is 5.92 Å². The molecule has 0 aliphatic rings. The van der Waals surface area contributed by atoms with E-state index >= 15 is 0 Å². The highest BCUT2D eigenvalue weighted by molar-refractivity contribution is 7.58. The Morgan fingerprint density at radius 1 is 0.400 bits per heavy atom. The van der Waals surface area contributed by atoms with Crippen LogP contribution in [-0.4, -0.2) is 20.8 Å². The third-order valence-corrected chi connectivity index (χ3v) is 11.2. The smallest absolute Gasteiger partial charge is 0.193 e. The highest BCUT2D eigenvalue weighted by atomic mass is 31.2. The van der Waals surface area contributed by atoms with Crippen LogP contribution in [0.3, 0.4) is 0 Å². The van der Waals surface area contributed by atoms with Crippen molar-refractivity contribution in [3.05, 3.63) is 93.0 Å². The molecule has 0 saturated heterocycles. The second-order valence-electron chi connectivity index (χ2n) is 21.3. The molecule has 274 valence electrons. The molecular weight excluding hydrogens is 631 g/mol. The zero-order chi connectivity index (χ0) is 38.4. The highest BCUT2D eigenvalue weighted by Gasteiger charge is 2.41. The zero-order valence-corrected chi connectivity index (χ0v) is 35.6. The van der Waals surface area contributed by atoms with Crippen LogP contribution in [0, 0.1) is 0 Å². The van der Waals surface area contributed by atoms with Gasteiger partial charge in [0.2, 0.25) is 0 Å². The van der Waals surface area contributed by atoms with Crippen molar-refractivity contribution in [3.63, 3.8) is 0 Å². The van der Waals surface area contributed by atoms with E-state index in [9.17, 15) is 14.7 Å². The molecule has 0 aromatic heterocycles. The van der Waals surface area contributed by atoms with Gasteiger partial charge in [0.15, 0.2) is 6.16 Å². The Kier molecular flexibility index (Phi) is 10.3. The Hall–Kier alpha value is -2.29. The lowest BCUT2D eigenvalue weighted by molar-refractivity contribution is 0.328. The van der Waals surface area contributed by atoms with Crippen LogP contribution in [0.25, 0.3) is 21.5 Å². The molecule has 4 rings (SSSR count). The van der Waals surface area contributed by atoms with Gasteiger partial charge in [-0.1, -0.05) is 161 Å². The van der Waals surface area contributed by atoms with E-state index in [1.54, 1.807) is 0 Å². The van der Waals surface area contributed by atoms with Gasteiger partial charge in [0.1, 0.15) is 0 Å². The summed E-state index contributed by atoms with van der Waals surface area (Å²) in [4.78, 5) is 32.9. The molecule has 0 radical (unpaired) electrons.